The number of aldehydes is 1. The molecule has 17 heavy (non-hydrogen) atoms. The Bertz CT molecular complexity index is 258. The Labute approximate surface area is 106 Å². The molecule has 0 spiro atoms. The number of hydrogen-bond donors (Lipinski definition) is 0. The number of likely N-dealkylation sites (tertiary alicyclic amines) is 1. The minimum Gasteiger partial charge on any atom is -0.303 e. The second-order valence-corrected chi connectivity index (χ2v) is 6.64. The molecule has 1 heterocycles. The van der Waals surface area contributed by atoms with E-state index in [1.165, 1.54) is 45.1 Å². The highest BCUT2D eigenvalue weighted by Crippen LogP contribution is 2.38. The lowest BCUT2D eigenvalue weighted by molar-refractivity contribution is -0.120. The summed E-state index contributed by atoms with van der Waals surface area (Å²) in [5, 5.41) is 0. The van der Waals surface area contributed by atoms with Crippen LogP contribution in [-0.4, -0.2) is 30.8 Å². The van der Waals surface area contributed by atoms with Crippen LogP contribution < -0.4 is 0 Å². The number of carbonyl (C=O) groups is 1. The first-order chi connectivity index (χ1) is 8.13. The standard InChI is InChI=1S/C15H27NO/c1-13-5-8-16(9-6-13)11-15(12-17)7-3-4-14(2)10-15/h12-14H,3-11H2,1-2H3. The van der Waals surface area contributed by atoms with E-state index in [0.29, 0.717) is 0 Å². The van der Waals surface area contributed by atoms with Crippen LogP contribution in [0.15, 0.2) is 0 Å². The van der Waals surface area contributed by atoms with Crippen LogP contribution in [0.4, 0.5) is 0 Å². The van der Waals surface area contributed by atoms with Gasteiger partial charge in [-0.05, 0) is 50.6 Å². The Morgan fingerprint density at radius 2 is 1.88 bits per heavy atom. The van der Waals surface area contributed by atoms with Gasteiger partial charge in [-0.1, -0.05) is 26.7 Å². The van der Waals surface area contributed by atoms with Crippen molar-refractivity contribution in [2.75, 3.05) is 19.6 Å². The molecule has 2 aliphatic rings. The van der Waals surface area contributed by atoms with Gasteiger partial charge in [0.2, 0.25) is 0 Å². The first kappa shape index (κ1) is 13.1. The average molecular weight is 237 g/mol. The third kappa shape index (κ3) is 3.31. The number of rotatable bonds is 3. The number of carbonyl (C=O) groups excluding carboxylic acids is 1. The maximum atomic E-state index is 11.5. The van der Waals surface area contributed by atoms with Crippen molar-refractivity contribution >= 4 is 6.29 Å². The van der Waals surface area contributed by atoms with Crippen LogP contribution >= 0.6 is 0 Å². The van der Waals surface area contributed by atoms with Gasteiger partial charge in [-0.3, -0.25) is 0 Å². The first-order valence-corrected chi connectivity index (χ1v) is 7.32. The van der Waals surface area contributed by atoms with E-state index in [1.54, 1.807) is 0 Å². The van der Waals surface area contributed by atoms with Gasteiger partial charge in [-0.25, -0.2) is 0 Å². The van der Waals surface area contributed by atoms with Gasteiger partial charge in [0.1, 0.15) is 6.29 Å². The van der Waals surface area contributed by atoms with E-state index in [0.717, 1.165) is 31.2 Å². The summed E-state index contributed by atoms with van der Waals surface area (Å²) < 4.78 is 0. The summed E-state index contributed by atoms with van der Waals surface area (Å²) in [6.45, 7) is 8.06. The highest BCUT2D eigenvalue weighted by molar-refractivity contribution is 5.60. The van der Waals surface area contributed by atoms with Crippen LogP contribution in [0.25, 0.3) is 0 Å². The minimum atomic E-state index is -0.0156. The van der Waals surface area contributed by atoms with E-state index >= 15 is 0 Å². The predicted octanol–water partition coefficient (Wildman–Crippen LogP) is 3.11. The lowest BCUT2D eigenvalue weighted by atomic mass is 9.70. The molecular weight excluding hydrogens is 210 g/mol. The normalized spacial score (nSPS) is 36.9. The molecule has 0 N–H and O–H groups in total. The zero-order chi connectivity index (χ0) is 12.3. The van der Waals surface area contributed by atoms with Crippen molar-refractivity contribution in [1.82, 2.24) is 4.90 Å². The highest BCUT2D eigenvalue weighted by Gasteiger charge is 2.36. The number of nitrogens with zero attached hydrogens (tertiary/aromatic N) is 1. The fourth-order valence-corrected chi connectivity index (χ4v) is 3.65. The molecule has 2 unspecified atom stereocenters. The third-order valence-corrected chi connectivity index (χ3v) is 4.79. The van der Waals surface area contributed by atoms with E-state index < -0.39 is 0 Å². The highest BCUT2D eigenvalue weighted by atomic mass is 16.1. The molecule has 1 aliphatic heterocycles. The van der Waals surface area contributed by atoms with Crippen LogP contribution in [0.5, 0.6) is 0 Å². The number of piperidine rings is 1. The Balaban J connectivity index is 1.92. The van der Waals surface area contributed by atoms with Gasteiger partial charge in [-0.15, -0.1) is 0 Å². The molecule has 0 radical (unpaired) electrons. The van der Waals surface area contributed by atoms with Crippen molar-refractivity contribution in [3.63, 3.8) is 0 Å². The van der Waals surface area contributed by atoms with E-state index in [1.807, 2.05) is 0 Å². The molecule has 2 heteroatoms. The third-order valence-electron chi connectivity index (χ3n) is 4.79. The van der Waals surface area contributed by atoms with E-state index in [-0.39, 0.29) is 5.41 Å². The first-order valence-electron chi connectivity index (χ1n) is 7.32. The van der Waals surface area contributed by atoms with E-state index in [4.69, 9.17) is 0 Å². The van der Waals surface area contributed by atoms with Gasteiger partial charge in [0.15, 0.2) is 0 Å². The van der Waals surface area contributed by atoms with Crippen LogP contribution in [0.1, 0.15) is 52.4 Å². The molecule has 2 fully saturated rings. The Morgan fingerprint density at radius 1 is 1.18 bits per heavy atom. The van der Waals surface area contributed by atoms with Crippen LogP contribution in [0.3, 0.4) is 0 Å². The monoisotopic (exact) mass is 237 g/mol. The topological polar surface area (TPSA) is 20.3 Å². The summed E-state index contributed by atoms with van der Waals surface area (Å²) in [5.74, 6) is 1.61. The predicted molar refractivity (Wildman–Crippen MR) is 71.0 cm³/mol. The summed E-state index contributed by atoms with van der Waals surface area (Å²) in [6.07, 6.45) is 8.68. The van der Waals surface area contributed by atoms with Crippen LogP contribution in [-0.2, 0) is 4.79 Å². The molecule has 1 saturated carbocycles. The molecule has 0 amide bonds. The van der Waals surface area contributed by atoms with Crippen molar-refractivity contribution in [2.24, 2.45) is 17.3 Å². The van der Waals surface area contributed by atoms with Gasteiger partial charge < -0.3 is 9.69 Å². The summed E-state index contributed by atoms with van der Waals surface area (Å²) in [4.78, 5) is 14.1. The van der Waals surface area contributed by atoms with Crippen molar-refractivity contribution in [1.29, 1.82) is 0 Å². The fourth-order valence-electron chi connectivity index (χ4n) is 3.65. The van der Waals surface area contributed by atoms with Crippen molar-refractivity contribution in [3.8, 4) is 0 Å². The summed E-state index contributed by atoms with van der Waals surface area (Å²) in [7, 11) is 0. The molecule has 1 aliphatic carbocycles. The van der Waals surface area contributed by atoms with Crippen LogP contribution in [0.2, 0.25) is 0 Å². The zero-order valence-electron chi connectivity index (χ0n) is 11.5. The molecule has 2 rings (SSSR count). The molecule has 0 bridgehead atoms. The molecule has 2 atom stereocenters. The van der Waals surface area contributed by atoms with Gasteiger partial charge >= 0.3 is 0 Å². The molecule has 0 aromatic carbocycles. The molecular formula is C15H27NO. The van der Waals surface area contributed by atoms with Crippen LogP contribution in [0, 0.1) is 17.3 Å². The Morgan fingerprint density at radius 3 is 2.47 bits per heavy atom. The molecule has 0 aromatic rings. The molecule has 0 aromatic heterocycles. The smallest absolute Gasteiger partial charge is 0.127 e. The second-order valence-electron chi connectivity index (χ2n) is 6.64. The maximum Gasteiger partial charge on any atom is 0.127 e. The summed E-state index contributed by atoms with van der Waals surface area (Å²) >= 11 is 0. The maximum absolute atomic E-state index is 11.5. The SMILES string of the molecule is CC1CCN(CC2(C=O)CCCC(C)C2)CC1. The van der Waals surface area contributed by atoms with Gasteiger partial charge in [0, 0.05) is 12.0 Å². The van der Waals surface area contributed by atoms with Gasteiger partial charge in [0.05, 0.1) is 0 Å². The van der Waals surface area contributed by atoms with Crippen molar-refractivity contribution in [3.05, 3.63) is 0 Å². The van der Waals surface area contributed by atoms with E-state index in [2.05, 4.69) is 18.7 Å². The Kier molecular flexibility index (Phi) is 4.24. The Hall–Kier alpha value is -0.370. The zero-order valence-corrected chi connectivity index (χ0v) is 11.5. The van der Waals surface area contributed by atoms with Crippen molar-refractivity contribution in [2.45, 2.75) is 52.4 Å². The second kappa shape index (κ2) is 5.51. The molecule has 98 valence electrons. The van der Waals surface area contributed by atoms with Crippen molar-refractivity contribution < 1.29 is 4.79 Å². The summed E-state index contributed by atoms with van der Waals surface area (Å²) in [5.41, 5.74) is -0.0156. The quantitative estimate of drug-likeness (QED) is 0.703. The molecule has 1 saturated heterocycles. The van der Waals surface area contributed by atoms with Gasteiger partial charge in [-0.2, -0.15) is 0 Å². The summed E-state index contributed by atoms with van der Waals surface area (Å²) in [6, 6.07) is 0. The lowest BCUT2D eigenvalue weighted by Gasteiger charge is -2.41. The fraction of sp³-hybridized carbons (Fsp3) is 0.933. The average Bonchev–Trinajstić information content (AvgIpc) is 2.32. The minimum absolute atomic E-state index is 0.0156. The van der Waals surface area contributed by atoms with Gasteiger partial charge in [0.25, 0.3) is 0 Å². The number of hydrogen-bond acceptors (Lipinski definition) is 2. The lowest BCUT2D eigenvalue weighted by Crippen LogP contribution is -2.44. The molecule has 2 nitrogen and oxygen atoms in total. The van der Waals surface area contributed by atoms with E-state index in [9.17, 15) is 4.79 Å². The largest absolute Gasteiger partial charge is 0.303 e.